The van der Waals surface area contributed by atoms with E-state index in [0.29, 0.717) is 12.0 Å². The van der Waals surface area contributed by atoms with Crippen molar-refractivity contribution in [2.75, 3.05) is 26.7 Å². The van der Waals surface area contributed by atoms with Crippen molar-refractivity contribution in [3.63, 3.8) is 0 Å². The van der Waals surface area contributed by atoms with Gasteiger partial charge in [-0.25, -0.2) is 0 Å². The first-order valence-corrected chi connectivity index (χ1v) is 8.52. The fourth-order valence-electron chi connectivity index (χ4n) is 3.07. The van der Waals surface area contributed by atoms with E-state index >= 15 is 0 Å². The molecule has 1 unspecified atom stereocenters. The number of rotatable bonds is 12. The SMILES string of the molecule is CCC(CC)N(CCCC(CC)(CO)NC)CC(C)C. The molecule has 0 rings (SSSR count). The highest BCUT2D eigenvalue weighted by Crippen LogP contribution is 2.19. The van der Waals surface area contributed by atoms with Gasteiger partial charge in [0.15, 0.2) is 0 Å². The molecule has 122 valence electrons. The highest BCUT2D eigenvalue weighted by Gasteiger charge is 2.25. The highest BCUT2D eigenvalue weighted by atomic mass is 16.3. The predicted octanol–water partition coefficient (Wildman–Crippen LogP) is 3.27. The molecule has 0 radical (unpaired) electrons. The lowest BCUT2D eigenvalue weighted by atomic mass is 9.91. The molecule has 0 saturated heterocycles. The summed E-state index contributed by atoms with van der Waals surface area (Å²) in [5.74, 6) is 0.716. The quantitative estimate of drug-likeness (QED) is 0.578. The zero-order valence-electron chi connectivity index (χ0n) is 14.7. The number of likely N-dealkylation sites (N-methyl/N-ethyl adjacent to an activating group) is 1. The van der Waals surface area contributed by atoms with Gasteiger partial charge in [-0.3, -0.25) is 0 Å². The van der Waals surface area contributed by atoms with Gasteiger partial charge in [0, 0.05) is 18.1 Å². The van der Waals surface area contributed by atoms with E-state index in [2.05, 4.69) is 44.8 Å². The number of nitrogens with one attached hydrogen (secondary N) is 1. The summed E-state index contributed by atoms with van der Waals surface area (Å²) in [5, 5.41) is 12.9. The molecule has 0 aromatic rings. The fourth-order valence-corrected chi connectivity index (χ4v) is 3.07. The van der Waals surface area contributed by atoms with Gasteiger partial charge >= 0.3 is 0 Å². The summed E-state index contributed by atoms with van der Waals surface area (Å²) < 4.78 is 0. The molecule has 0 heterocycles. The summed E-state index contributed by atoms with van der Waals surface area (Å²) in [5.41, 5.74) is -0.0859. The van der Waals surface area contributed by atoms with Gasteiger partial charge in [-0.2, -0.15) is 0 Å². The maximum atomic E-state index is 9.61. The number of aliphatic hydroxyl groups is 1. The molecule has 0 aromatic carbocycles. The monoisotopic (exact) mass is 286 g/mol. The molecule has 0 aliphatic carbocycles. The Labute approximate surface area is 127 Å². The highest BCUT2D eigenvalue weighted by molar-refractivity contribution is 4.85. The van der Waals surface area contributed by atoms with Crippen LogP contribution in [-0.4, -0.2) is 48.3 Å². The Kier molecular flexibility index (Phi) is 10.5. The van der Waals surface area contributed by atoms with Crippen molar-refractivity contribution in [1.82, 2.24) is 10.2 Å². The summed E-state index contributed by atoms with van der Waals surface area (Å²) in [7, 11) is 1.96. The maximum Gasteiger partial charge on any atom is 0.0613 e. The lowest BCUT2D eigenvalue weighted by molar-refractivity contribution is 0.129. The summed E-state index contributed by atoms with van der Waals surface area (Å²) in [6, 6.07) is 0.706. The molecule has 0 saturated carbocycles. The Balaban J connectivity index is 4.45. The maximum absolute atomic E-state index is 9.61. The van der Waals surface area contributed by atoms with E-state index in [4.69, 9.17) is 0 Å². The standard InChI is InChI=1S/C17H38N2O/c1-7-16(8-2)19(13-15(4)5)12-10-11-17(9-3,14-20)18-6/h15-16,18,20H,7-14H2,1-6H3. The first-order valence-electron chi connectivity index (χ1n) is 8.52. The molecule has 3 heteroatoms. The van der Waals surface area contributed by atoms with Crippen LogP contribution in [-0.2, 0) is 0 Å². The van der Waals surface area contributed by atoms with E-state index in [-0.39, 0.29) is 12.1 Å². The first kappa shape index (κ1) is 19.9. The number of nitrogens with zero attached hydrogens (tertiary/aromatic N) is 1. The molecule has 20 heavy (non-hydrogen) atoms. The van der Waals surface area contributed by atoms with Crippen LogP contribution >= 0.6 is 0 Å². The molecule has 2 N–H and O–H groups in total. The third-order valence-electron chi connectivity index (χ3n) is 4.67. The minimum Gasteiger partial charge on any atom is -0.394 e. The van der Waals surface area contributed by atoms with Crippen LogP contribution in [0, 0.1) is 5.92 Å². The zero-order valence-corrected chi connectivity index (χ0v) is 14.7. The Hall–Kier alpha value is -0.120. The zero-order chi connectivity index (χ0) is 15.6. The van der Waals surface area contributed by atoms with Crippen molar-refractivity contribution in [3.8, 4) is 0 Å². The van der Waals surface area contributed by atoms with Crippen LogP contribution < -0.4 is 5.32 Å². The van der Waals surface area contributed by atoms with Gasteiger partial charge in [0.2, 0.25) is 0 Å². The van der Waals surface area contributed by atoms with Gasteiger partial charge in [0.1, 0.15) is 0 Å². The summed E-state index contributed by atoms with van der Waals surface area (Å²) in [6.07, 6.45) is 5.64. The van der Waals surface area contributed by atoms with Crippen molar-refractivity contribution in [2.24, 2.45) is 5.92 Å². The van der Waals surface area contributed by atoms with Gasteiger partial charge in [0.05, 0.1) is 6.61 Å². The van der Waals surface area contributed by atoms with Crippen molar-refractivity contribution in [3.05, 3.63) is 0 Å². The largest absolute Gasteiger partial charge is 0.394 e. The Bertz CT molecular complexity index is 215. The Morgan fingerprint density at radius 3 is 2.10 bits per heavy atom. The molecule has 0 amide bonds. The molecule has 0 aliphatic heterocycles. The van der Waals surface area contributed by atoms with Gasteiger partial charge in [-0.15, -0.1) is 0 Å². The van der Waals surface area contributed by atoms with Crippen LogP contribution in [0.1, 0.15) is 66.7 Å². The molecule has 0 aliphatic rings. The number of aliphatic hydroxyl groups excluding tert-OH is 1. The predicted molar refractivity (Wildman–Crippen MR) is 89.2 cm³/mol. The van der Waals surface area contributed by atoms with Gasteiger partial charge in [0.25, 0.3) is 0 Å². The van der Waals surface area contributed by atoms with E-state index in [9.17, 15) is 5.11 Å². The molecule has 0 bridgehead atoms. The van der Waals surface area contributed by atoms with Crippen molar-refractivity contribution >= 4 is 0 Å². The lowest BCUT2D eigenvalue weighted by Gasteiger charge is -2.35. The summed E-state index contributed by atoms with van der Waals surface area (Å²) >= 11 is 0. The minimum absolute atomic E-state index is 0.0859. The molecular weight excluding hydrogens is 248 g/mol. The van der Waals surface area contributed by atoms with Crippen molar-refractivity contribution in [2.45, 2.75) is 78.3 Å². The molecule has 0 fully saturated rings. The molecule has 0 aromatic heterocycles. The smallest absolute Gasteiger partial charge is 0.0613 e. The van der Waals surface area contributed by atoms with Crippen LogP contribution in [0.2, 0.25) is 0 Å². The number of hydrogen-bond donors (Lipinski definition) is 2. The third-order valence-corrected chi connectivity index (χ3v) is 4.67. The minimum atomic E-state index is -0.0859. The molecule has 1 atom stereocenters. The van der Waals surface area contributed by atoms with Crippen LogP contribution in [0.3, 0.4) is 0 Å². The summed E-state index contributed by atoms with van der Waals surface area (Å²) in [4.78, 5) is 2.65. The number of hydrogen-bond acceptors (Lipinski definition) is 3. The normalized spacial score (nSPS) is 15.3. The second kappa shape index (κ2) is 10.6. The summed E-state index contributed by atoms with van der Waals surface area (Å²) in [6.45, 7) is 13.9. The second-order valence-electron chi connectivity index (χ2n) is 6.50. The van der Waals surface area contributed by atoms with Crippen LogP contribution in [0.25, 0.3) is 0 Å². The van der Waals surface area contributed by atoms with E-state index < -0.39 is 0 Å². The average molecular weight is 287 g/mol. The van der Waals surface area contributed by atoms with E-state index in [1.165, 1.54) is 19.4 Å². The second-order valence-corrected chi connectivity index (χ2v) is 6.50. The van der Waals surface area contributed by atoms with E-state index in [1.54, 1.807) is 0 Å². The average Bonchev–Trinajstić information content (AvgIpc) is 2.44. The molecule has 3 nitrogen and oxygen atoms in total. The van der Waals surface area contributed by atoms with Gasteiger partial charge < -0.3 is 15.3 Å². The first-order chi connectivity index (χ1) is 9.48. The van der Waals surface area contributed by atoms with E-state index in [0.717, 1.165) is 25.8 Å². The van der Waals surface area contributed by atoms with E-state index in [1.807, 2.05) is 7.05 Å². The fraction of sp³-hybridized carbons (Fsp3) is 1.00. The molecular formula is C17H38N2O. The lowest BCUT2D eigenvalue weighted by Crippen LogP contribution is -2.47. The van der Waals surface area contributed by atoms with Crippen LogP contribution in [0.15, 0.2) is 0 Å². The van der Waals surface area contributed by atoms with Crippen LogP contribution in [0.5, 0.6) is 0 Å². The third kappa shape index (κ3) is 6.55. The van der Waals surface area contributed by atoms with Gasteiger partial charge in [-0.1, -0.05) is 34.6 Å². The van der Waals surface area contributed by atoms with Crippen molar-refractivity contribution in [1.29, 1.82) is 0 Å². The Morgan fingerprint density at radius 1 is 1.15 bits per heavy atom. The topological polar surface area (TPSA) is 35.5 Å². The van der Waals surface area contributed by atoms with Crippen LogP contribution in [0.4, 0.5) is 0 Å². The molecule has 0 spiro atoms. The van der Waals surface area contributed by atoms with Crippen molar-refractivity contribution < 1.29 is 5.11 Å². The van der Waals surface area contributed by atoms with Gasteiger partial charge in [-0.05, 0) is 51.6 Å². The Morgan fingerprint density at radius 2 is 1.75 bits per heavy atom.